The number of hydrogen-bond acceptors (Lipinski definition) is 5. The van der Waals surface area contributed by atoms with Crippen molar-refractivity contribution in [2.75, 3.05) is 6.54 Å². The van der Waals surface area contributed by atoms with Gasteiger partial charge in [-0.1, -0.05) is 0 Å². The van der Waals surface area contributed by atoms with E-state index >= 15 is 0 Å². The largest absolute Gasteiger partial charge is 0.444 e. The summed E-state index contributed by atoms with van der Waals surface area (Å²) in [6, 6.07) is 3.45. The molecule has 0 spiro atoms. The molecule has 0 aliphatic rings. The minimum absolute atomic E-state index is 0.0651. The van der Waals surface area contributed by atoms with Crippen LogP contribution in [0.15, 0.2) is 12.1 Å². The summed E-state index contributed by atoms with van der Waals surface area (Å²) in [6.45, 7) is 5.24. The lowest BCUT2D eigenvalue weighted by atomic mass is 10.1. The van der Waals surface area contributed by atoms with E-state index in [1.807, 2.05) is 0 Å². The minimum Gasteiger partial charge on any atom is -0.444 e. The van der Waals surface area contributed by atoms with Crippen LogP contribution in [-0.2, 0) is 16.1 Å². The van der Waals surface area contributed by atoms with Crippen LogP contribution in [-0.4, -0.2) is 29.3 Å². The van der Waals surface area contributed by atoms with Gasteiger partial charge in [-0.2, -0.15) is 0 Å². The van der Waals surface area contributed by atoms with Crippen molar-refractivity contribution in [3.8, 4) is 0 Å². The molecule has 0 radical (unpaired) electrons. The lowest BCUT2D eigenvalue weighted by Gasteiger charge is -2.20. The molecule has 20 heavy (non-hydrogen) atoms. The van der Waals surface area contributed by atoms with Crippen molar-refractivity contribution >= 4 is 23.3 Å². The Morgan fingerprint density at radius 2 is 2.10 bits per heavy atom. The first-order chi connectivity index (χ1) is 9.23. The number of rotatable bonds is 5. The Kier molecular flexibility index (Phi) is 5.52. The summed E-state index contributed by atoms with van der Waals surface area (Å²) in [5, 5.41) is 11.6. The number of aliphatic hydroxyl groups is 1. The topological polar surface area (TPSA) is 102 Å². The summed E-state index contributed by atoms with van der Waals surface area (Å²) in [6.07, 6.45) is -0.595. The highest BCUT2D eigenvalue weighted by Crippen LogP contribution is 2.24. The van der Waals surface area contributed by atoms with Crippen LogP contribution in [0.25, 0.3) is 0 Å². The van der Waals surface area contributed by atoms with E-state index in [1.165, 1.54) is 11.3 Å². The molecule has 1 aromatic rings. The highest BCUT2D eigenvalue weighted by atomic mass is 32.1. The van der Waals surface area contributed by atoms with Gasteiger partial charge in [-0.05, 0) is 32.9 Å². The normalized spacial score (nSPS) is 12.8. The van der Waals surface area contributed by atoms with Gasteiger partial charge in [0.15, 0.2) is 0 Å². The Bertz CT molecular complexity index is 479. The molecule has 1 heterocycles. The molecule has 0 saturated carbocycles. The average Bonchev–Trinajstić information content (AvgIpc) is 2.75. The monoisotopic (exact) mass is 300 g/mol. The van der Waals surface area contributed by atoms with Crippen LogP contribution in [0.5, 0.6) is 0 Å². The highest BCUT2D eigenvalue weighted by Gasteiger charge is 2.22. The number of aliphatic hydroxyl groups excluding tert-OH is 1. The van der Waals surface area contributed by atoms with Gasteiger partial charge in [0.2, 0.25) is 5.91 Å². The van der Waals surface area contributed by atoms with Crippen molar-refractivity contribution in [1.29, 1.82) is 0 Å². The second kappa shape index (κ2) is 6.71. The molecule has 4 N–H and O–H groups in total. The lowest BCUT2D eigenvalue weighted by Crippen LogP contribution is -2.37. The second-order valence-corrected chi connectivity index (χ2v) is 6.50. The van der Waals surface area contributed by atoms with Gasteiger partial charge >= 0.3 is 6.09 Å². The van der Waals surface area contributed by atoms with E-state index in [1.54, 1.807) is 32.9 Å². The molecule has 0 bridgehead atoms. The van der Waals surface area contributed by atoms with Gasteiger partial charge in [0.1, 0.15) is 5.60 Å². The lowest BCUT2D eigenvalue weighted by molar-refractivity contribution is -0.119. The quantitative estimate of drug-likeness (QED) is 0.763. The maximum absolute atomic E-state index is 11.6. The molecule has 2 amide bonds. The summed E-state index contributed by atoms with van der Waals surface area (Å²) in [5.74, 6) is -1.17. The van der Waals surface area contributed by atoms with Gasteiger partial charge in [-0.25, -0.2) is 4.79 Å². The number of carbonyl (C=O) groups excluding carboxylic acids is 2. The van der Waals surface area contributed by atoms with Crippen molar-refractivity contribution in [1.82, 2.24) is 5.32 Å². The van der Waals surface area contributed by atoms with Gasteiger partial charge in [0, 0.05) is 16.3 Å². The Morgan fingerprint density at radius 3 is 2.55 bits per heavy atom. The molecular weight excluding hydrogens is 280 g/mol. The Morgan fingerprint density at radius 1 is 1.45 bits per heavy atom. The number of nitrogens with two attached hydrogens (primary N) is 1. The number of amides is 2. The molecule has 6 nitrogen and oxygen atoms in total. The molecule has 0 aliphatic carbocycles. The van der Waals surface area contributed by atoms with Gasteiger partial charge in [0.25, 0.3) is 0 Å². The Labute approximate surface area is 121 Å². The van der Waals surface area contributed by atoms with E-state index < -0.39 is 23.5 Å². The molecule has 1 unspecified atom stereocenters. The van der Waals surface area contributed by atoms with Gasteiger partial charge in [-0.3, -0.25) is 4.79 Å². The Balaban J connectivity index is 2.65. The van der Waals surface area contributed by atoms with Crippen molar-refractivity contribution in [3.63, 3.8) is 0 Å². The van der Waals surface area contributed by atoms with Crippen molar-refractivity contribution in [3.05, 3.63) is 21.9 Å². The fourth-order valence-electron chi connectivity index (χ4n) is 1.51. The van der Waals surface area contributed by atoms with Gasteiger partial charge in [-0.15, -0.1) is 11.3 Å². The van der Waals surface area contributed by atoms with E-state index in [-0.39, 0.29) is 13.2 Å². The summed E-state index contributed by atoms with van der Waals surface area (Å²) < 4.78 is 5.09. The molecule has 1 rings (SSSR count). The Hall–Kier alpha value is -1.60. The number of ether oxygens (including phenoxy) is 1. The van der Waals surface area contributed by atoms with Crippen LogP contribution < -0.4 is 11.1 Å². The smallest absolute Gasteiger partial charge is 0.407 e. The molecule has 0 fully saturated rings. The predicted octanol–water partition coefficient (Wildman–Crippen LogP) is 1.33. The molecule has 1 atom stereocenters. The number of alkyl carbamates (subject to hydrolysis) is 1. The maximum atomic E-state index is 11.6. The van der Waals surface area contributed by atoms with Gasteiger partial charge in [0.05, 0.1) is 12.5 Å². The van der Waals surface area contributed by atoms with Crippen molar-refractivity contribution in [2.24, 2.45) is 5.73 Å². The molecular formula is C13H20N2O4S. The standard InChI is InChI=1S/C13H20N2O4S/c1-13(2,3)19-12(18)15-6-9(11(14)17)10-5-4-8(7-16)20-10/h4-5,9,16H,6-7H2,1-3H3,(H2,14,17)(H,15,18). The van der Waals surface area contributed by atoms with Crippen molar-refractivity contribution < 1.29 is 19.4 Å². The SMILES string of the molecule is CC(C)(C)OC(=O)NCC(C(N)=O)c1ccc(CO)s1. The predicted molar refractivity (Wildman–Crippen MR) is 76.4 cm³/mol. The van der Waals surface area contributed by atoms with Gasteiger partial charge < -0.3 is 20.9 Å². The number of carbonyl (C=O) groups is 2. The van der Waals surface area contributed by atoms with Crippen LogP contribution in [0.4, 0.5) is 4.79 Å². The summed E-state index contributed by atoms with van der Waals surface area (Å²) in [5.41, 5.74) is 4.75. The number of primary amides is 1. The van der Waals surface area contributed by atoms with E-state index in [2.05, 4.69) is 5.32 Å². The third-order valence-corrected chi connectivity index (χ3v) is 3.56. The average molecular weight is 300 g/mol. The van der Waals surface area contributed by atoms with E-state index in [0.717, 1.165) is 4.88 Å². The first-order valence-corrected chi connectivity index (χ1v) is 7.00. The van der Waals surface area contributed by atoms with Crippen molar-refractivity contribution in [2.45, 2.75) is 38.9 Å². The van der Waals surface area contributed by atoms with Crippen LogP contribution in [0.2, 0.25) is 0 Å². The molecule has 112 valence electrons. The zero-order valence-corrected chi connectivity index (χ0v) is 12.6. The van der Waals surface area contributed by atoms with E-state index in [0.29, 0.717) is 4.88 Å². The zero-order valence-electron chi connectivity index (χ0n) is 11.8. The molecule has 0 saturated heterocycles. The third kappa shape index (κ3) is 5.18. The summed E-state index contributed by atoms with van der Waals surface area (Å²) >= 11 is 1.29. The first kappa shape index (κ1) is 16.5. The highest BCUT2D eigenvalue weighted by molar-refractivity contribution is 7.12. The second-order valence-electron chi connectivity index (χ2n) is 5.30. The van der Waals surface area contributed by atoms with Crippen LogP contribution in [0, 0.1) is 0 Å². The minimum atomic E-state index is -0.632. The maximum Gasteiger partial charge on any atom is 0.407 e. The van der Waals surface area contributed by atoms with Crippen LogP contribution >= 0.6 is 11.3 Å². The summed E-state index contributed by atoms with van der Waals surface area (Å²) in [7, 11) is 0. The van der Waals surface area contributed by atoms with Crippen LogP contribution in [0.1, 0.15) is 36.4 Å². The molecule has 0 aromatic carbocycles. The van der Waals surface area contributed by atoms with Crippen LogP contribution in [0.3, 0.4) is 0 Å². The number of hydrogen-bond donors (Lipinski definition) is 3. The number of thiophene rings is 1. The molecule has 1 aromatic heterocycles. The third-order valence-electron chi connectivity index (χ3n) is 2.37. The fourth-order valence-corrected chi connectivity index (χ4v) is 2.49. The first-order valence-electron chi connectivity index (χ1n) is 6.18. The van der Waals surface area contributed by atoms with E-state index in [4.69, 9.17) is 15.6 Å². The van der Waals surface area contributed by atoms with E-state index in [9.17, 15) is 9.59 Å². The molecule has 7 heteroatoms. The number of nitrogens with one attached hydrogen (secondary N) is 1. The summed E-state index contributed by atoms with van der Waals surface area (Å²) in [4.78, 5) is 24.5. The molecule has 0 aliphatic heterocycles. The zero-order chi connectivity index (χ0) is 15.3. The fraction of sp³-hybridized carbons (Fsp3) is 0.538.